The summed E-state index contributed by atoms with van der Waals surface area (Å²) in [4.78, 5) is 16.8. The van der Waals surface area contributed by atoms with Crippen molar-refractivity contribution in [3.63, 3.8) is 0 Å². The average Bonchev–Trinajstić information content (AvgIpc) is 3.01. The first-order valence-corrected chi connectivity index (χ1v) is 7.70. The van der Waals surface area contributed by atoms with Gasteiger partial charge in [0.15, 0.2) is 0 Å². The number of aromatic amines is 1. The van der Waals surface area contributed by atoms with Gasteiger partial charge in [0.25, 0.3) is 5.91 Å². The van der Waals surface area contributed by atoms with Crippen LogP contribution in [0.1, 0.15) is 32.5 Å². The number of hydrogen-bond donors (Lipinski definition) is 3. The van der Waals surface area contributed by atoms with Gasteiger partial charge in [-0.25, -0.2) is 0 Å². The number of para-hydroxylation sites is 1. The van der Waals surface area contributed by atoms with Crippen LogP contribution in [0.4, 0.5) is 5.00 Å². The lowest BCUT2D eigenvalue weighted by molar-refractivity contribution is 0.0936. The fourth-order valence-corrected chi connectivity index (χ4v) is 3.95. The second kappa shape index (κ2) is 4.36. The molecule has 0 saturated carbocycles. The zero-order valence-electron chi connectivity index (χ0n) is 11.8. The number of carbonyl (C=O) groups excluding carboxylic acids is 1. The van der Waals surface area contributed by atoms with Crippen molar-refractivity contribution in [1.29, 1.82) is 0 Å². The van der Waals surface area contributed by atoms with Crippen LogP contribution in [0.2, 0.25) is 0 Å². The van der Waals surface area contributed by atoms with Crippen LogP contribution in [0, 0.1) is 13.8 Å². The first kappa shape index (κ1) is 12.5. The van der Waals surface area contributed by atoms with Crippen molar-refractivity contribution in [1.82, 2.24) is 10.3 Å². The van der Waals surface area contributed by atoms with E-state index in [1.165, 1.54) is 4.88 Å². The predicted octanol–water partition coefficient (Wildman–Crippen LogP) is 3.70. The van der Waals surface area contributed by atoms with Gasteiger partial charge in [0.2, 0.25) is 0 Å². The van der Waals surface area contributed by atoms with Gasteiger partial charge in [-0.05, 0) is 25.5 Å². The van der Waals surface area contributed by atoms with Crippen molar-refractivity contribution in [3.05, 3.63) is 52.0 Å². The van der Waals surface area contributed by atoms with Gasteiger partial charge in [-0.2, -0.15) is 0 Å². The predicted molar refractivity (Wildman–Crippen MR) is 85.9 cm³/mol. The van der Waals surface area contributed by atoms with Crippen molar-refractivity contribution in [3.8, 4) is 0 Å². The number of thiophene rings is 1. The summed E-state index contributed by atoms with van der Waals surface area (Å²) in [5, 5.41) is 8.60. The Morgan fingerprint density at radius 3 is 2.81 bits per heavy atom. The van der Waals surface area contributed by atoms with Gasteiger partial charge in [-0.1, -0.05) is 18.2 Å². The third-order valence-electron chi connectivity index (χ3n) is 4.10. The molecule has 3 N–H and O–H groups in total. The van der Waals surface area contributed by atoms with Crippen LogP contribution in [-0.4, -0.2) is 10.9 Å². The number of aromatic nitrogens is 1. The number of benzene rings is 1. The molecular formula is C16H15N3OS. The summed E-state index contributed by atoms with van der Waals surface area (Å²) >= 11 is 1.64. The van der Waals surface area contributed by atoms with Crippen molar-refractivity contribution < 1.29 is 4.79 Å². The molecule has 1 unspecified atom stereocenters. The Kier molecular flexibility index (Phi) is 2.59. The fraction of sp³-hybridized carbons (Fsp3) is 0.188. The molecule has 106 valence electrons. The van der Waals surface area contributed by atoms with Gasteiger partial charge in [-0.15, -0.1) is 11.3 Å². The number of hydrogen-bond acceptors (Lipinski definition) is 3. The van der Waals surface area contributed by atoms with Crippen LogP contribution in [0.3, 0.4) is 0 Å². The summed E-state index contributed by atoms with van der Waals surface area (Å²) in [5.41, 5.74) is 3.99. The SMILES string of the molecule is Cc1sc2c(c1C)C(=O)NC(c1c[nH]c3ccccc13)N2. The lowest BCUT2D eigenvalue weighted by Gasteiger charge is -2.25. The fourth-order valence-electron chi connectivity index (χ4n) is 2.86. The number of fused-ring (bicyclic) bond motifs is 2. The summed E-state index contributed by atoms with van der Waals surface area (Å²) in [7, 11) is 0. The van der Waals surface area contributed by atoms with Crippen LogP contribution in [0.25, 0.3) is 10.9 Å². The second-order valence-corrected chi connectivity index (χ2v) is 6.55. The van der Waals surface area contributed by atoms with Gasteiger partial charge in [-0.3, -0.25) is 4.79 Å². The number of H-pyrrole nitrogens is 1. The van der Waals surface area contributed by atoms with E-state index >= 15 is 0 Å². The zero-order valence-corrected chi connectivity index (χ0v) is 12.6. The number of nitrogens with one attached hydrogen (secondary N) is 3. The Morgan fingerprint density at radius 1 is 1.14 bits per heavy atom. The van der Waals surface area contributed by atoms with E-state index < -0.39 is 0 Å². The second-order valence-electron chi connectivity index (χ2n) is 5.33. The van der Waals surface area contributed by atoms with E-state index in [0.29, 0.717) is 0 Å². The largest absolute Gasteiger partial charge is 0.361 e. The third-order valence-corrected chi connectivity index (χ3v) is 5.23. The highest BCUT2D eigenvalue weighted by Crippen LogP contribution is 2.38. The molecule has 4 rings (SSSR count). The molecule has 3 aromatic rings. The molecule has 4 nitrogen and oxygen atoms in total. The Bertz CT molecular complexity index is 862. The molecule has 0 fully saturated rings. The van der Waals surface area contributed by atoms with Crippen molar-refractivity contribution in [2.24, 2.45) is 0 Å². The normalized spacial score (nSPS) is 17.4. The first-order valence-electron chi connectivity index (χ1n) is 6.88. The molecule has 1 aliphatic rings. The molecule has 1 aromatic carbocycles. The van der Waals surface area contributed by atoms with Gasteiger partial charge in [0, 0.05) is 27.5 Å². The molecule has 1 aliphatic heterocycles. The lowest BCUT2D eigenvalue weighted by Crippen LogP contribution is -2.37. The average molecular weight is 297 g/mol. The molecule has 21 heavy (non-hydrogen) atoms. The van der Waals surface area contributed by atoms with E-state index in [-0.39, 0.29) is 12.1 Å². The quantitative estimate of drug-likeness (QED) is 0.641. The van der Waals surface area contributed by atoms with Gasteiger partial charge in [0.05, 0.1) is 5.56 Å². The van der Waals surface area contributed by atoms with E-state index in [0.717, 1.165) is 32.6 Å². The number of anilines is 1. The Balaban J connectivity index is 1.80. The monoisotopic (exact) mass is 297 g/mol. The molecule has 0 radical (unpaired) electrons. The van der Waals surface area contributed by atoms with Crippen molar-refractivity contribution in [2.45, 2.75) is 20.0 Å². The molecule has 1 amide bonds. The molecule has 5 heteroatoms. The minimum atomic E-state index is -0.196. The van der Waals surface area contributed by atoms with Crippen LogP contribution in [0.15, 0.2) is 30.5 Å². The summed E-state index contributed by atoms with van der Waals surface area (Å²) in [6, 6.07) is 8.11. The van der Waals surface area contributed by atoms with Crippen LogP contribution < -0.4 is 10.6 Å². The van der Waals surface area contributed by atoms with Gasteiger partial charge in [0.1, 0.15) is 11.2 Å². The first-order chi connectivity index (χ1) is 10.1. The summed E-state index contributed by atoms with van der Waals surface area (Å²) in [5.74, 6) is 0.000816. The van der Waals surface area contributed by atoms with Gasteiger partial charge < -0.3 is 15.6 Å². The number of amides is 1. The molecule has 0 bridgehead atoms. The topological polar surface area (TPSA) is 56.9 Å². The van der Waals surface area contributed by atoms with E-state index in [1.54, 1.807) is 11.3 Å². The Hall–Kier alpha value is -2.27. The molecule has 0 spiro atoms. The summed E-state index contributed by atoms with van der Waals surface area (Å²) < 4.78 is 0. The summed E-state index contributed by atoms with van der Waals surface area (Å²) in [6.07, 6.45) is 1.76. The highest BCUT2D eigenvalue weighted by atomic mass is 32.1. The number of rotatable bonds is 1. The number of aryl methyl sites for hydroxylation is 1. The standard InChI is InChI=1S/C16H15N3OS/c1-8-9(2)21-16-13(8)15(20)18-14(19-16)11-7-17-12-6-4-3-5-10(11)12/h3-7,14,17,19H,1-2H3,(H,18,20). The molecule has 0 saturated heterocycles. The Labute approximate surface area is 126 Å². The minimum Gasteiger partial charge on any atom is -0.361 e. The molecule has 3 heterocycles. The highest BCUT2D eigenvalue weighted by molar-refractivity contribution is 7.16. The zero-order chi connectivity index (χ0) is 14.6. The summed E-state index contributed by atoms with van der Waals surface area (Å²) in [6.45, 7) is 4.05. The van der Waals surface area contributed by atoms with Gasteiger partial charge >= 0.3 is 0 Å². The van der Waals surface area contributed by atoms with Crippen LogP contribution in [0.5, 0.6) is 0 Å². The lowest BCUT2D eigenvalue weighted by atomic mass is 10.1. The number of carbonyl (C=O) groups is 1. The molecule has 0 aliphatic carbocycles. The molecular weight excluding hydrogens is 282 g/mol. The third kappa shape index (κ3) is 1.77. The van der Waals surface area contributed by atoms with Crippen molar-refractivity contribution >= 4 is 33.1 Å². The minimum absolute atomic E-state index is 0.000816. The maximum Gasteiger partial charge on any atom is 0.256 e. The highest BCUT2D eigenvalue weighted by Gasteiger charge is 2.29. The smallest absolute Gasteiger partial charge is 0.256 e. The maximum absolute atomic E-state index is 12.4. The van der Waals surface area contributed by atoms with E-state index in [2.05, 4.69) is 21.7 Å². The molecule has 2 aromatic heterocycles. The maximum atomic E-state index is 12.4. The van der Waals surface area contributed by atoms with Crippen LogP contribution in [-0.2, 0) is 0 Å². The van der Waals surface area contributed by atoms with E-state index in [9.17, 15) is 4.79 Å². The van der Waals surface area contributed by atoms with Crippen molar-refractivity contribution in [2.75, 3.05) is 5.32 Å². The van der Waals surface area contributed by atoms with Crippen LogP contribution >= 0.6 is 11.3 Å². The molecule has 1 atom stereocenters. The Morgan fingerprint density at radius 2 is 1.95 bits per heavy atom. The van der Waals surface area contributed by atoms with E-state index in [1.807, 2.05) is 38.2 Å². The van der Waals surface area contributed by atoms with E-state index in [4.69, 9.17) is 0 Å².